The van der Waals surface area contributed by atoms with Gasteiger partial charge in [-0.1, -0.05) is 0 Å². The number of nitrogen functional groups attached to an aromatic ring is 1. The first-order valence-corrected chi connectivity index (χ1v) is 5.54. The highest BCUT2D eigenvalue weighted by atomic mass is 19.3. The number of nitrogens with two attached hydrogens (primary N) is 1. The van der Waals surface area contributed by atoms with Crippen LogP contribution < -0.4 is 11.3 Å². The van der Waals surface area contributed by atoms with E-state index in [1.165, 1.54) is 0 Å². The summed E-state index contributed by atoms with van der Waals surface area (Å²) >= 11 is 0. The normalized spacial score (nSPS) is 10.8. The molecule has 0 fully saturated rings. The van der Waals surface area contributed by atoms with Crippen molar-refractivity contribution in [1.82, 2.24) is 4.90 Å². The molecule has 0 aliphatic rings. The van der Waals surface area contributed by atoms with Gasteiger partial charge in [0.1, 0.15) is 5.69 Å². The topological polar surface area (TPSA) is 78.6 Å². The third-order valence-corrected chi connectivity index (χ3v) is 2.45. The highest BCUT2D eigenvalue weighted by Crippen LogP contribution is 2.20. The van der Waals surface area contributed by atoms with E-state index in [9.17, 15) is 22.4 Å². The molecule has 5 nitrogen and oxygen atoms in total. The monoisotopic (exact) mass is 295 g/mol. The Labute approximate surface area is 111 Å². The summed E-state index contributed by atoms with van der Waals surface area (Å²) in [5.74, 6) is 1.62. The Morgan fingerprint density at radius 2 is 1.90 bits per heavy atom. The van der Waals surface area contributed by atoms with E-state index in [1.807, 2.05) is 0 Å². The number of benzene rings is 1. The second kappa shape index (κ2) is 7.06. The lowest BCUT2D eigenvalue weighted by atomic mass is 10.1. The molecule has 1 aromatic rings. The molecule has 9 heteroatoms. The second-order valence-corrected chi connectivity index (χ2v) is 3.83. The number of hydrogen-bond donors (Lipinski definition) is 3. The lowest BCUT2D eigenvalue weighted by Gasteiger charge is -2.21. The van der Waals surface area contributed by atoms with Crippen molar-refractivity contribution >= 4 is 11.6 Å². The number of carbonyl (C=O) groups excluding carboxylic acids is 1. The molecule has 0 saturated carbocycles. The van der Waals surface area contributed by atoms with Crippen molar-refractivity contribution < 1.29 is 27.5 Å². The Balaban J connectivity index is 3.05. The van der Waals surface area contributed by atoms with Crippen molar-refractivity contribution in [2.75, 3.05) is 25.1 Å². The molecule has 0 saturated heterocycles. The Hall–Kier alpha value is -1.87. The van der Waals surface area contributed by atoms with Crippen molar-refractivity contribution in [2.45, 2.75) is 6.43 Å². The largest absolute Gasteiger partial charge is 0.395 e. The van der Waals surface area contributed by atoms with E-state index in [1.54, 1.807) is 5.43 Å². The van der Waals surface area contributed by atoms with Crippen LogP contribution in [0.2, 0.25) is 0 Å². The van der Waals surface area contributed by atoms with Crippen LogP contribution in [0.3, 0.4) is 0 Å². The molecule has 0 atom stereocenters. The van der Waals surface area contributed by atoms with Crippen LogP contribution in [0.15, 0.2) is 12.1 Å². The summed E-state index contributed by atoms with van der Waals surface area (Å²) in [6.45, 7) is -1.87. The lowest BCUT2D eigenvalue weighted by molar-refractivity contribution is 0.0508. The number of alkyl halides is 2. The first-order valence-electron chi connectivity index (χ1n) is 5.54. The Bertz CT molecular complexity index is 462. The van der Waals surface area contributed by atoms with Crippen LogP contribution >= 0.6 is 0 Å². The number of halogens is 4. The van der Waals surface area contributed by atoms with E-state index in [-0.39, 0.29) is 6.54 Å². The van der Waals surface area contributed by atoms with Crippen molar-refractivity contribution in [1.29, 1.82) is 0 Å². The van der Waals surface area contributed by atoms with Gasteiger partial charge >= 0.3 is 0 Å². The third kappa shape index (κ3) is 3.81. The Morgan fingerprint density at radius 3 is 2.30 bits per heavy atom. The average molecular weight is 295 g/mol. The van der Waals surface area contributed by atoms with Gasteiger partial charge in [0.2, 0.25) is 0 Å². The molecule has 0 unspecified atom stereocenters. The number of hydrogen-bond acceptors (Lipinski definition) is 4. The molecule has 20 heavy (non-hydrogen) atoms. The van der Waals surface area contributed by atoms with E-state index >= 15 is 0 Å². The summed E-state index contributed by atoms with van der Waals surface area (Å²) in [5.41, 5.74) is 0.695. The molecule has 0 radical (unpaired) electrons. The van der Waals surface area contributed by atoms with E-state index in [2.05, 4.69) is 0 Å². The zero-order valence-electron chi connectivity index (χ0n) is 10.2. The number of nitrogens with one attached hydrogen (secondary N) is 1. The van der Waals surface area contributed by atoms with Gasteiger partial charge in [-0.15, -0.1) is 0 Å². The number of nitrogens with zero attached hydrogens (tertiary/aromatic N) is 1. The fourth-order valence-corrected chi connectivity index (χ4v) is 1.58. The first-order chi connectivity index (χ1) is 9.40. The number of aliphatic hydroxyl groups excluding tert-OH is 1. The Kier molecular flexibility index (Phi) is 5.71. The van der Waals surface area contributed by atoms with Crippen molar-refractivity contribution in [3.63, 3.8) is 0 Å². The van der Waals surface area contributed by atoms with E-state index in [0.29, 0.717) is 17.0 Å². The molecule has 0 heterocycles. The molecular weight excluding hydrogens is 282 g/mol. The summed E-state index contributed by atoms with van der Waals surface area (Å²) in [7, 11) is 0. The summed E-state index contributed by atoms with van der Waals surface area (Å²) in [6, 6.07) is 1.35. The van der Waals surface area contributed by atoms with Crippen LogP contribution in [0.25, 0.3) is 0 Å². The fourth-order valence-electron chi connectivity index (χ4n) is 1.58. The highest BCUT2D eigenvalue weighted by molar-refractivity contribution is 5.94. The van der Waals surface area contributed by atoms with Gasteiger partial charge in [0, 0.05) is 12.1 Å². The maximum atomic E-state index is 13.4. The number of amides is 1. The lowest BCUT2D eigenvalue weighted by Crippen LogP contribution is -2.37. The Morgan fingerprint density at radius 1 is 1.35 bits per heavy atom. The molecule has 4 N–H and O–H groups in total. The van der Waals surface area contributed by atoms with Crippen LogP contribution in [0.5, 0.6) is 0 Å². The van der Waals surface area contributed by atoms with Gasteiger partial charge in [0.05, 0.1) is 13.2 Å². The van der Waals surface area contributed by atoms with Crippen molar-refractivity contribution in [2.24, 2.45) is 5.84 Å². The SMILES string of the molecule is NNc1c(F)cc(C(=O)N(CCO)CC(F)F)cc1F. The molecule has 0 bridgehead atoms. The van der Waals surface area contributed by atoms with Gasteiger partial charge in [-0.05, 0) is 12.1 Å². The van der Waals surface area contributed by atoms with Gasteiger partial charge in [-0.3, -0.25) is 10.6 Å². The van der Waals surface area contributed by atoms with Gasteiger partial charge < -0.3 is 15.4 Å². The molecule has 1 rings (SSSR count). The maximum absolute atomic E-state index is 13.4. The minimum atomic E-state index is -2.83. The van der Waals surface area contributed by atoms with Crippen LogP contribution in [0.4, 0.5) is 23.2 Å². The van der Waals surface area contributed by atoms with E-state index < -0.39 is 48.4 Å². The van der Waals surface area contributed by atoms with Gasteiger partial charge in [0.25, 0.3) is 12.3 Å². The number of aliphatic hydroxyl groups is 1. The molecule has 0 spiro atoms. The quantitative estimate of drug-likeness (QED) is 0.415. The molecule has 1 aromatic carbocycles. The van der Waals surface area contributed by atoms with Gasteiger partial charge in [-0.25, -0.2) is 17.6 Å². The van der Waals surface area contributed by atoms with Gasteiger partial charge in [0.15, 0.2) is 11.6 Å². The number of hydrazine groups is 1. The van der Waals surface area contributed by atoms with Crippen LogP contribution in [-0.4, -0.2) is 42.0 Å². The summed E-state index contributed by atoms with van der Waals surface area (Å²) in [6.07, 6.45) is -2.83. The van der Waals surface area contributed by atoms with Crippen LogP contribution in [0.1, 0.15) is 10.4 Å². The van der Waals surface area contributed by atoms with E-state index in [4.69, 9.17) is 10.9 Å². The number of carbonyl (C=O) groups is 1. The predicted octanol–water partition coefficient (Wildman–Crippen LogP) is 0.950. The average Bonchev–Trinajstić information content (AvgIpc) is 2.36. The fraction of sp³-hybridized carbons (Fsp3) is 0.364. The smallest absolute Gasteiger partial charge is 0.255 e. The van der Waals surface area contributed by atoms with Gasteiger partial charge in [-0.2, -0.15) is 0 Å². The van der Waals surface area contributed by atoms with Crippen LogP contribution in [-0.2, 0) is 0 Å². The van der Waals surface area contributed by atoms with Crippen molar-refractivity contribution in [3.8, 4) is 0 Å². The number of anilines is 1. The second-order valence-electron chi connectivity index (χ2n) is 3.83. The molecule has 112 valence electrons. The summed E-state index contributed by atoms with van der Waals surface area (Å²) < 4.78 is 51.5. The minimum Gasteiger partial charge on any atom is -0.395 e. The molecule has 0 aromatic heterocycles. The third-order valence-electron chi connectivity index (χ3n) is 2.45. The zero-order valence-corrected chi connectivity index (χ0v) is 10.2. The molecular formula is C11H13F4N3O2. The highest BCUT2D eigenvalue weighted by Gasteiger charge is 2.22. The minimum absolute atomic E-state index is 0.372. The van der Waals surface area contributed by atoms with E-state index in [0.717, 1.165) is 0 Å². The summed E-state index contributed by atoms with van der Waals surface area (Å²) in [5, 5.41) is 8.72. The standard InChI is InChI=1S/C11H13F4N3O2/c12-7-3-6(4-8(13)10(7)17-16)11(20)18(1-2-19)5-9(14)15/h3-4,9,17,19H,1-2,5,16H2. The predicted molar refractivity (Wildman–Crippen MR) is 63.2 cm³/mol. The van der Waals surface area contributed by atoms with Crippen molar-refractivity contribution in [3.05, 3.63) is 29.3 Å². The molecule has 1 amide bonds. The number of rotatable bonds is 6. The summed E-state index contributed by atoms with van der Waals surface area (Å²) in [4.78, 5) is 12.5. The molecule has 0 aliphatic carbocycles. The first kappa shape index (κ1) is 16.2. The zero-order chi connectivity index (χ0) is 15.3. The maximum Gasteiger partial charge on any atom is 0.255 e. The molecule has 0 aliphatic heterocycles. The van der Waals surface area contributed by atoms with Crippen LogP contribution in [0, 0.1) is 11.6 Å².